The second-order valence-corrected chi connectivity index (χ2v) is 5.00. The van der Waals surface area contributed by atoms with E-state index in [2.05, 4.69) is 24.1 Å². The Bertz CT molecular complexity index is 244. The smallest absolute Gasteiger partial charge is 0.236 e. The minimum Gasteiger partial charge on any atom is -0.374 e. The van der Waals surface area contributed by atoms with Crippen molar-refractivity contribution in [1.29, 1.82) is 0 Å². The summed E-state index contributed by atoms with van der Waals surface area (Å²) in [5.74, 6) is 0.0986. The van der Waals surface area contributed by atoms with Gasteiger partial charge in [-0.25, -0.2) is 0 Å². The summed E-state index contributed by atoms with van der Waals surface area (Å²) in [6.07, 6.45) is 0.195. The highest BCUT2D eigenvalue weighted by Gasteiger charge is 2.21. The maximum absolute atomic E-state index is 11.4. The maximum atomic E-state index is 11.4. The first-order valence-corrected chi connectivity index (χ1v) is 6.27. The third-order valence-corrected chi connectivity index (χ3v) is 3.05. The maximum Gasteiger partial charge on any atom is 0.236 e. The largest absolute Gasteiger partial charge is 0.374 e. The molecule has 1 atom stereocenters. The number of ether oxygens (including phenoxy) is 1. The number of carbonyl (C=O) groups excluding carboxylic acids is 1. The number of hydrogen-bond acceptors (Lipinski definition) is 4. The molecule has 17 heavy (non-hydrogen) atoms. The second-order valence-electron chi connectivity index (χ2n) is 5.00. The fourth-order valence-corrected chi connectivity index (χ4v) is 1.83. The number of nitrogens with one attached hydrogen (secondary N) is 1. The Morgan fingerprint density at radius 3 is 2.82 bits per heavy atom. The molecule has 0 aliphatic carbocycles. The van der Waals surface area contributed by atoms with Crippen LogP contribution in [0.25, 0.3) is 0 Å². The van der Waals surface area contributed by atoms with Crippen LogP contribution in [-0.4, -0.2) is 74.7 Å². The highest BCUT2D eigenvalue weighted by Crippen LogP contribution is 2.07. The van der Waals surface area contributed by atoms with Crippen LogP contribution in [0, 0.1) is 0 Å². The van der Waals surface area contributed by atoms with Gasteiger partial charge in [-0.2, -0.15) is 0 Å². The Labute approximate surface area is 104 Å². The fourth-order valence-electron chi connectivity index (χ4n) is 1.83. The van der Waals surface area contributed by atoms with E-state index in [1.807, 2.05) is 0 Å². The van der Waals surface area contributed by atoms with E-state index in [1.165, 1.54) is 0 Å². The molecule has 0 aromatic rings. The van der Waals surface area contributed by atoms with E-state index in [0.717, 1.165) is 26.2 Å². The van der Waals surface area contributed by atoms with Crippen molar-refractivity contribution in [3.05, 3.63) is 0 Å². The van der Waals surface area contributed by atoms with Crippen molar-refractivity contribution >= 4 is 5.91 Å². The molecule has 0 saturated carbocycles. The molecule has 0 bridgehead atoms. The lowest BCUT2D eigenvalue weighted by Crippen LogP contribution is -2.49. The molecule has 1 amide bonds. The molecule has 0 spiro atoms. The van der Waals surface area contributed by atoms with Crippen LogP contribution in [0.1, 0.15) is 13.8 Å². The normalized spacial score (nSPS) is 21.8. The number of amides is 1. The molecule has 0 aromatic heterocycles. The van der Waals surface area contributed by atoms with Crippen LogP contribution in [-0.2, 0) is 9.53 Å². The summed E-state index contributed by atoms with van der Waals surface area (Å²) in [4.78, 5) is 15.4. The van der Waals surface area contributed by atoms with Gasteiger partial charge in [-0.05, 0) is 13.8 Å². The summed E-state index contributed by atoms with van der Waals surface area (Å²) in [5, 5.41) is 3.15. The van der Waals surface area contributed by atoms with Gasteiger partial charge >= 0.3 is 0 Å². The van der Waals surface area contributed by atoms with Crippen molar-refractivity contribution < 1.29 is 9.53 Å². The summed E-state index contributed by atoms with van der Waals surface area (Å²) in [7, 11) is 3.53. The van der Waals surface area contributed by atoms with E-state index >= 15 is 0 Å². The lowest BCUT2D eigenvalue weighted by Gasteiger charge is -2.35. The highest BCUT2D eigenvalue weighted by molar-refractivity contribution is 5.77. The molecular weight excluding hydrogens is 218 g/mol. The molecule has 100 valence electrons. The molecule has 1 rings (SSSR count). The van der Waals surface area contributed by atoms with Crippen molar-refractivity contribution in [2.45, 2.75) is 26.0 Å². The van der Waals surface area contributed by atoms with E-state index in [1.54, 1.807) is 19.0 Å². The predicted molar refractivity (Wildman–Crippen MR) is 68.0 cm³/mol. The summed E-state index contributed by atoms with van der Waals surface area (Å²) >= 11 is 0. The quantitative estimate of drug-likeness (QED) is 0.725. The number of rotatable bonds is 5. The van der Waals surface area contributed by atoms with Gasteiger partial charge in [0.25, 0.3) is 0 Å². The first-order chi connectivity index (χ1) is 8.00. The second kappa shape index (κ2) is 6.93. The van der Waals surface area contributed by atoms with E-state index in [-0.39, 0.29) is 12.0 Å². The van der Waals surface area contributed by atoms with Gasteiger partial charge in [0.1, 0.15) is 0 Å². The fraction of sp³-hybridized carbons (Fsp3) is 0.917. The number of likely N-dealkylation sites (N-methyl/N-ethyl adjacent to an activating group) is 1. The van der Waals surface area contributed by atoms with Gasteiger partial charge in [0, 0.05) is 39.8 Å². The van der Waals surface area contributed by atoms with Crippen molar-refractivity contribution in [3.63, 3.8) is 0 Å². The molecule has 1 N–H and O–H groups in total. The van der Waals surface area contributed by atoms with Crippen LogP contribution in [0.15, 0.2) is 0 Å². The van der Waals surface area contributed by atoms with Crippen LogP contribution in [0.5, 0.6) is 0 Å². The molecule has 1 aliphatic heterocycles. The summed E-state index contributed by atoms with van der Waals surface area (Å²) in [5.41, 5.74) is 0. The number of hydrogen-bond donors (Lipinski definition) is 1. The average molecular weight is 243 g/mol. The number of nitrogens with zero attached hydrogens (tertiary/aromatic N) is 2. The van der Waals surface area contributed by atoms with Crippen LogP contribution < -0.4 is 5.32 Å². The predicted octanol–water partition coefficient (Wildman–Crippen LogP) is -0.227. The average Bonchev–Trinajstić information content (AvgIpc) is 2.29. The Morgan fingerprint density at radius 2 is 2.24 bits per heavy atom. The van der Waals surface area contributed by atoms with Gasteiger partial charge in [-0.3, -0.25) is 9.69 Å². The molecular formula is C12H25N3O2. The Balaban J connectivity index is 2.21. The zero-order valence-electron chi connectivity index (χ0n) is 11.4. The molecule has 5 nitrogen and oxygen atoms in total. The van der Waals surface area contributed by atoms with E-state index in [9.17, 15) is 4.79 Å². The van der Waals surface area contributed by atoms with Crippen molar-refractivity contribution in [3.8, 4) is 0 Å². The number of morpholine rings is 1. The Hall–Kier alpha value is -0.650. The van der Waals surface area contributed by atoms with E-state index in [4.69, 9.17) is 4.74 Å². The van der Waals surface area contributed by atoms with Crippen LogP contribution >= 0.6 is 0 Å². The lowest BCUT2D eigenvalue weighted by atomic mass is 10.2. The molecule has 1 saturated heterocycles. The van der Waals surface area contributed by atoms with Crippen LogP contribution in [0.4, 0.5) is 0 Å². The van der Waals surface area contributed by atoms with Crippen molar-refractivity contribution in [2.75, 3.05) is 46.9 Å². The molecule has 1 unspecified atom stereocenters. The standard InChI is InChI=1S/C12H25N3O2/c1-10(2)15-5-6-17-11(9-15)7-13-8-12(16)14(3)4/h10-11,13H,5-9H2,1-4H3. The van der Waals surface area contributed by atoms with Gasteiger partial charge in [0.2, 0.25) is 5.91 Å². The molecule has 0 radical (unpaired) electrons. The van der Waals surface area contributed by atoms with Gasteiger partial charge in [-0.15, -0.1) is 0 Å². The van der Waals surface area contributed by atoms with Gasteiger partial charge < -0.3 is 15.0 Å². The van der Waals surface area contributed by atoms with E-state index in [0.29, 0.717) is 12.6 Å². The molecule has 5 heteroatoms. The minimum absolute atomic E-state index is 0.0986. The zero-order valence-corrected chi connectivity index (χ0v) is 11.4. The summed E-state index contributed by atoms with van der Waals surface area (Å²) in [6, 6.07) is 0.560. The SMILES string of the molecule is CC(C)N1CCOC(CNCC(=O)N(C)C)C1. The van der Waals surface area contributed by atoms with E-state index < -0.39 is 0 Å². The van der Waals surface area contributed by atoms with Crippen LogP contribution in [0.3, 0.4) is 0 Å². The van der Waals surface area contributed by atoms with Gasteiger partial charge in [0.05, 0.1) is 19.3 Å². The molecule has 1 heterocycles. The summed E-state index contributed by atoms with van der Waals surface area (Å²) < 4.78 is 5.67. The summed E-state index contributed by atoms with van der Waals surface area (Å²) in [6.45, 7) is 8.26. The number of carbonyl (C=O) groups is 1. The zero-order chi connectivity index (χ0) is 12.8. The van der Waals surface area contributed by atoms with Crippen molar-refractivity contribution in [2.24, 2.45) is 0 Å². The molecule has 0 aromatic carbocycles. The third-order valence-electron chi connectivity index (χ3n) is 3.05. The minimum atomic E-state index is 0.0986. The Morgan fingerprint density at radius 1 is 1.53 bits per heavy atom. The first-order valence-electron chi connectivity index (χ1n) is 6.27. The monoisotopic (exact) mass is 243 g/mol. The van der Waals surface area contributed by atoms with Crippen LogP contribution in [0.2, 0.25) is 0 Å². The van der Waals surface area contributed by atoms with Gasteiger partial charge in [0.15, 0.2) is 0 Å². The Kier molecular flexibility index (Phi) is 5.88. The lowest BCUT2D eigenvalue weighted by molar-refractivity contribution is -0.127. The molecule has 1 aliphatic rings. The highest BCUT2D eigenvalue weighted by atomic mass is 16.5. The topological polar surface area (TPSA) is 44.8 Å². The first kappa shape index (κ1) is 14.4. The molecule has 1 fully saturated rings. The third kappa shape index (κ3) is 5.02. The van der Waals surface area contributed by atoms with Gasteiger partial charge in [-0.1, -0.05) is 0 Å². The van der Waals surface area contributed by atoms with Crippen molar-refractivity contribution in [1.82, 2.24) is 15.1 Å².